The lowest BCUT2D eigenvalue weighted by Crippen LogP contribution is -2.29. The van der Waals surface area contributed by atoms with Crippen LogP contribution in [0, 0.1) is 0 Å². The molecule has 112 valence electrons. The minimum atomic E-state index is -4.14. The van der Waals surface area contributed by atoms with Crippen LogP contribution in [0.15, 0.2) is 24.3 Å². The van der Waals surface area contributed by atoms with Crippen LogP contribution < -0.4 is 0 Å². The van der Waals surface area contributed by atoms with Crippen LogP contribution in [-0.4, -0.2) is 50.1 Å². The van der Waals surface area contributed by atoms with Crippen LogP contribution in [0.2, 0.25) is 0 Å². The summed E-state index contributed by atoms with van der Waals surface area (Å²) in [5, 5.41) is 18.3. The molecule has 0 aliphatic rings. The molecule has 0 atom stereocenters. The van der Waals surface area contributed by atoms with Crippen LogP contribution in [0.4, 0.5) is 0 Å². The fourth-order valence-corrected chi connectivity index (χ4v) is 2.22. The van der Waals surface area contributed by atoms with Crippen molar-refractivity contribution < 1.29 is 29.4 Å². The first kappa shape index (κ1) is 16.7. The Balaban J connectivity index is 2.69. The number of hydrogen-bond acceptors (Lipinski definition) is 4. The van der Waals surface area contributed by atoms with Crippen LogP contribution in [0.1, 0.15) is 12.0 Å². The highest BCUT2D eigenvalue weighted by Crippen LogP contribution is 2.34. The molecule has 0 fully saturated rings. The smallest absolute Gasteiger partial charge is 0.326 e. The van der Waals surface area contributed by atoms with E-state index in [0.29, 0.717) is 5.56 Å². The zero-order valence-corrected chi connectivity index (χ0v) is 11.7. The molecule has 0 bridgehead atoms. The molecule has 0 saturated heterocycles. The third-order valence-corrected chi connectivity index (χ3v) is 3.52. The molecular weight excluding hydrogens is 285 g/mol. The van der Waals surface area contributed by atoms with Crippen molar-refractivity contribution in [1.29, 1.82) is 0 Å². The van der Waals surface area contributed by atoms with E-state index in [1.54, 1.807) is 23.1 Å². The van der Waals surface area contributed by atoms with Gasteiger partial charge in [-0.15, -0.1) is 0 Å². The average molecular weight is 303 g/mol. The first-order valence-corrected chi connectivity index (χ1v) is 7.83. The molecule has 0 radical (unpaired) electrons. The molecule has 0 heterocycles. The molecule has 0 amide bonds. The van der Waals surface area contributed by atoms with Gasteiger partial charge < -0.3 is 20.0 Å². The van der Waals surface area contributed by atoms with Gasteiger partial charge in [-0.25, -0.2) is 0 Å². The van der Waals surface area contributed by atoms with E-state index < -0.39 is 13.6 Å². The minimum Gasteiger partial charge on any atom is -0.508 e. The third kappa shape index (κ3) is 6.68. The van der Waals surface area contributed by atoms with Crippen molar-refractivity contribution in [3.8, 4) is 5.75 Å². The molecule has 1 rings (SSSR count). The normalized spacial score (nSPS) is 11.8. The van der Waals surface area contributed by atoms with Gasteiger partial charge in [0.1, 0.15) is 5.75 Å². The fraction of sp³-hybridized carbons (Fsp3) is 0.417. The van der Waals surface area contributed by atoms with E-state index in [2.05, 4.69) is 0 Å². The molecule has 8 heteroatoms. The van der Waals surface area contributed by atoms with Crippen molar-refractivity contribution in [2.75, 3.05) is 19.3 Å². The van der Waals surface area contributed by atoms with E-state index in [9.17, 15) is 14.5 Å². The fourth-order valence-electron chi connectivity index (χ4n) is 1.68. The lowest BCUT2D eigenvalue weighted by atomic mass is 10.2. The number of phenols is 1. The molecule has 0 aromatic heterocycles. The number of phenolic OH excluding ortho intramolecular Hbond substituents is 1. The predicted molar refractivity (Wildman–Crippen MR) is 72.5 cm³/mol. The monoisotopic (exact) mass is 303 g/mol. The summed E-state index contributed by atoms with van der Waals surface area (Å²) in [6, 6.07) is 6.58. The summed E-state index contributed by atoms with van der Waals surface area (Å²) < 4.78 is 10.9. The van der Waals surface area contributed by atoms with Crippen LogP contribution in [0.5, 0.6) is 5.75 Å². The number of carbonyl (C=O) groups is 1. The maximum Gasteiger partial charge on any atom is 0.326 e. The summed E-state index contributed by atoms with van der Waals surface area (Å²) in [6.45, 7) is 0.454. The number of benzene rings is 1. The number of hydrogen-bond donors (Lipinski definition) is 4. The molecule has 0 aliphatic heterocycles. The summed E-state index contributed by atoms with van der Waals surface area (Å²) in [5.74, 6) is -0.910. The Morgan fingerprint density at radius 3 is 2.40 bits per heavy atom. The summed E-state index contributed by atoms with van der Waals surface area (Å²) >= 11 is 0. The lowest BCUT2D eigenvalue weighted by Gasteiger charge is -2.22. The Bertz CT molecular complexity index is 500. The van der Waals surface area contributed by atoms with E-state index in [1.807, 2.05) is 0 Å². The molecule has 20 heavy (non-hydrogen) atoms. The molecule has 0 unspecified atom stereocenters. The summed E-state index contributed by atoms with van der Waals surface area (Å²) in [7, 11) is -4.14. The highest BCUT2D eigenvalue weighted by molar-refractivity contribution is 7.51. The second kappa shape index (κ2) is 7.40. The van der Waals surface area contributed by atoms with E-state index in [1.165, 1.54) is 6.07 Å². The van der Waals surface area contributed by atoms with Gasteiger partial charge in [-0.05, 0) is 6.07 Å². The molecule has 0 spiro atoms. The predicted octanol–water partition coefficient (Wildman–Crippen LogP) is 0.847. The average Bonchev–Trinajstić information content (AvgIpc) is 2.34. The van der Waals surface area contributed by atoms with Crippen molar-refractivity contribution in [1.82, 2.24) is 4.90 Å². The van der Waals surface area contributed by atoms with Crippen LogP contribution in [0.3, 0.4) is 0 Å². The summed E-state index contributed by atoms with van der Waals surface area (Å²) in [4.78, 5) is 30.0. The van der Waals surface area contributed by atoms with Crippen LogP contribution in [-0.2, 0) is 15.9 Å². The molecular formula is C12H18NO6P. The third-order valence-electron chi connectivity index (χ3n) is 2.73. The first-order valence-electron chi connectivity index (χ1n) is 6.03. The van der Waals surface area contributed by atoms with Gasteiger partial charge in [-0.3, -0.25) is 14.3 Å². The van der Waals surface area contributed by atoms with Crippen molar-refractivity contribution >= 4 is 13.6 Å². The van der Waals surface area contributed by atoms with Crippen LogP contribution in [0.25, 0.3) is 0 Å². The second-order valence-corrected chi connectivity index (χ2v) is 6.21. The SMILES string of the molecule is O=C(O)CCN(CCP(=O)(O)O)Cc1ccccc1O. The Morgan fingerprint density at radius 1 is 1.20 bits per heavy atom. The number of nitrogens with zero attached hydrogens (tertiary/aromatic N) is 1. The van der Waals surface area contributed by atoms with Crippen molar-refractivity contribution in [3.63, 3.8) is 0 Å². The zero-order chi connectivity index (χ0) is 15.2. The Kier molecular flexibility index (Phi) is 6.16. The van der Waals surface area contributed by atoms with E-state index >= 15 is 0 Å². The van der Waals surface area contributed by atoms with Gasteiger partial charge in [0.25, 0.3) is 0 Å². The highest BCUT2D eigenvalue weighted by atomic mass is 31.2. The number of carboxylic acids is 1. The van der Waals surface area contributed by atoms with Gasteiger partial charge in [-0.1, -0.05) is 18.2 Å². The number of aliphatic carboxylic acids is 1. The number of carboxylic acid groups (broad SMARTS) is 1. The topological polar surface area (TPSA) is 118 Å². The van der Waals surface area contributed by atoms with Gasteiger partial charge in [0.15, 0.2) is 0 Å². The lowest BCUT2D eigenvalue weighted by molar-refractivity contribution is -0.137. The van der Waals surface area contributed by atoms with Crippen molar-refractivity contribution in [3.05, 3.63) is 29.8 Å². The second-order valence-electron chi connectivity index (χ2n) is 4.44. The molecule has 1 aromatic carbocycles. The standard InChI is InChI=1S/C12H18NO6P/c14-11-4-2-1-3-10(11)9-13(6-5-12(15)16)7-8-20(17,18)19/h1-4,14H,5-9H2,(H,15,16)(H2,17,18,19). The van der Waals surface area contributed by atoms with Crippen LogP contribution >= 0.6 is 7.60 Å². The molecule has 4 N–H and O–H groups in total. The maximum atomic E-state index is 10.9. The molecule has 7 nitrogen and oxygen atoms in total. The van der Waals surface area contributed by atoms with Gasteiger partial charge >= 0.3 is 13.6 Å². The molecule has 0 aliphatic carbocycles. The highest BCUT2D eigenvalue weighted by Gasteiger charge is 2.17. The number of aromatic hydroxyl groups is 1. The minimum absolute atomic E-state index is 0.0614. The van der Waals surface area contributed by atoms with Gasteiger partial charge in [0.05, 0.1) is 12.6 Å². The largest absolute Gasteiger partial charge is 0.508 e. The Labute approximate surface area is 116 Å². The van der Waals surface area contributed by atoms with E-state index in [4.69, 9.17) is 14.9 Å². The summed E-state index contributed by atoms with van der Waals surface area (Å²) in [5.41, 5.74) is 0.587. The maximum absolute atomic E-state index is 10.9. The molecule has 1 aromatic rings. The molecule has 0 saturated carbocycles. The van der Waals surface area contributed by atoms with Crippen molar-refractivity contribution in [2.45, 2.75) is 13.0 Å². The summed E-state index contributed by atoms with van der Waals surface area (Å²) in [6.07, 6.45) is -0.477. The van der Waals surface area contributed by atoms with Gasteiger partial charge in [-0.2, -0.15) is 0 Å². The van der Waals surface area contributed by atoms with Gasteiger partial charge in [0, 0.05) is 25.2 Å². The Morgan fingerprint density at radius 2 is 1.85 bits per heavy atom. The van der Waals surface area contributed by atoms with E-state index in [-0.39, 0.29) is 38.0 Å². The number of rotatable bonds is 8. The van der Waals surface area contributed by atoms with Gasteiger partial charge in [0.2, 0.25) is 0 Å². The van der Waals surface area contributed by atoms with Crippen molar-refractivity contribution in [2.24, 2.45) is 0 Å². The Hall–Kier alpha value is -1.40. The van der Waals surface area contributed by atoms with E-state index in [0.717, 1.165) is 0 Å². The first-order chi connectivity index (χ1) is 9.28. The quantitative estimate of drug-likeness (QED) is 0.526. The zero-order valence-electron chi connectivity index (χ0n) is 10.8. The number of para-hydroxylation sites is 1.